The zero-order valence-electron chi connectivity index (χ0n) is 13.3. The number of nitrogens with one attached hydrogen (secondary N) is 1. The van der Waals surface area contributed by atoms with Crippen LogP contribution in [0.15, 0.2) is 4.99 Å². The van der Waals surface area contributed by atoms with E-state index in [1.807, 2.05) is 0 Å². The molecule has 4 atom stereocenters. The number of aliphatic imine (C=N–C) groups is 1. The van der Waals surface area contributed by atoms with Gasteiger partial charge in [-0.3, -0.25) is 4.79 Å². The van der Waals surface area contributed by atoms with Gasteiger partial charge in [-0.25, -0.2) is 0 Å². The average molecular weight is 322 g/mol. The van der Waals surface area contributed by atoms with Gasteiger partial charge in [0.15, 0.2) is 5.17 Å². The molecule has 2 heterocycles. The van der Waals surface area contributed by atoms with Gasteiger partial charge in [0.25, 0.3) is 5.91 Å². The molecule has 4 aliphatic rings. The number of amidine groups is 1. The van der Waals surface area contributed by atoms with Crippen LogP contribution in [-0.2, 0) is 9.53 Å². The Kier molecular flexibility index (Phi) is 3.97. The van der Waals surface area contributed by atoms with Gasteiger partial charge < -0.3 is 10.1 Å². The van der Waals surface area contributed by atoms with Gasteiger partial charge in [0.2, 0.25) is 0 Å². The number of fused-ring (bicyclic) bond motifs is 2. The van der Waals surface area contributed by atoms with Crippen LogP contribution in [0.4, 0.5) is 0 Å². The summed E-state index contributed by atoms with van der Waals surface area (Å²) in [6.45, 7) is 3.77. The fourth-order valence-corrected chi connectivity index (χ4v) is 5.98. The molecule has 4 nitrogen and oxygen atoms in total. The van der Waals surface area contributed by atoms with E-state index in [2.05, 4.69) is 17.2 Å². The van der Waals surface area contributed by atoms with Crippen molar-refractivity contribution < 1.29 is 9.53 Å². The van der Waals surface area contributed by atoms with Crippen molar-refractivity contribution >= 4 is 22.8 Å². The Morgan fingerprint density at radius 1 is 1.27 bits per heavy atom. The second-order valence-electron chi connectivity index (χ2n) is 7.74. The molecule has 0 aromatic heterocycles. The van der Waals surface area contributed by atoms with Gasteiger partial charge in [-0.2, -0.15) is 4.99 Å². The van der Waals surface area contributed by atoms with E-state index in [4.69, 9.17) is 4.74 Å². The highest BCUT2D eigenvalue weighted by molar-refractivity contribution is 8.16. The molecule has 5 heteroatoms. The largest absolute Gasteiger partial charge is 0.381 e. The van der Waals surface area contributed by atoms with Crippen molar-refractivity contribution in [3.63, 3.8) is 0 Å². The first-order chi connectivity index (χ1) is 10.6. The van der Waals surface area contributed by atoms with Crippen molar-refractivity contribution in [1.82, 2.24) is 5.32 Å². The highest BCUT2D eigenvalue weighted by Gasteiger charge is 2.45. The van der Waals surface area contributed by atoms with Crippen LogP contribution in [-0.4, -0.2) is 35.1 Å². The summed E-state index contributed by atoms with van der Waals surface area (Å²) in [6.07, 6.45) is 8.51. The summed E-state index contributed by atoms with van der Waals surface area (Å²) in [5, 5.41) is 4.49. The van der Waals surface area contributed by atoms with Crippen molar-refractivity contribution in [3.05, 3.63) is 0 Å². The van der Waals surface area contributed by atoms with Gasteiger partial charge in [-0.1, -0.05) is 18.2 Å². The Bertz CT molecular complexity index is 489. The van der Waals surface area contributed by atoms with Crippen LogP contribution in [0.1, 0.15) is 51.9 Å². The van der Waals surface area contributed by atoms with Crippen molar-refractivity contribution in [2.75, 3.05) is 13.2 Å². The summed E-state index contributed by atoms with van der Waals surface area (Å²) in [7, 11) is 0. The highest BCUT2D eigenvalue weighted by atomic mass is 32.2. The van der Waals surface area contributed by atoms with Gasteiger partial charge in [-0.15, -0.1) is 0 Å². The quantitative estimate of drug-likeness (QED) is 0.868. The number of carbonyl (C=O) groups excluding carboxylic acids is 1. The Morgan fingerprint density at radius 3 is 2.77 bits per heavy atom. The summed E-state index contributed by atoms with van der Waals surface area (Å²) in [6, 6.07) is 0.559. The van der Waals surface area contributed by atoms with Crippen LogP contribution in [0.5, 0.6) is 0 Å². The molecule has 2 bridgehead atoms. The minimum Gasteiger partial charge on any atom is -0.381 e. The maximum Gasteiger partial charge on any atom is 0.264 e. The van der Waals surface area contributed by atoms with E-state index < -0.39 is 0 Å². The van der Waals surface area contributed by atoms with Crippen molar-refractivity contribution in [1.29, 1.82) is 0 Å². The van der Waals surface area contributed by atoms with E-state index in [0.29, 0.717) is 12.0 Å². The predicted octanol–water partition coefficient (Wildman–Crippen LogP) is 2.97. The van der Waals surface area contributed by atoms with Crippen LogP contribution in [0, 0.1) is 17.8 Å². The van der Waals surface area contributed by atoms with E-state index in [1.165, 1.54) is 25.7 Å². The number of carbonyl (C=O) groups is 1. The van der Waals surface area contributed by atoms with E-state index in [-0.39, 0.29) is 10.7 Å². The molecule has 1 saturated heterocycles. The fraction of sp³-hybridized carbons (Fsp3) is 0.882. The number of thioether (sulfide) groups is 1. The zero-order chi connectivity index (χ0) is 15.2. The molecule has 122 valence electrons. The predicted molar refractivity (Wildman–Crippen MR) is 89.0 cm³/mol. The third-order valence-corrected chi connectivity index (χ3v) is 7.24. The molecule has 2 unspecified atom stereocenters. The molecule has 2 saturated carbocycles. The summed E-state index contributed by atoms with van der Waals surface area (Å²) in [5.74, 6) is 2.39. The summed E-state index contributed by atoms with van der Waals surface area (Å²) in [5.41, 5.74) is 0. The Hall–Kier alpha value is -0.550. The average Bonchev–Trinajstić information content (AvgIpc) is 3.16. The first-order valence-electron chi connectivity index (χ1n) is 8.79. The van der Waals surface area contributed by atoms with Crippen molar-refractivity contribution in [2.45, 2.75) is 62.7 Å². The van der Waals surface area contributed by atoms with E-state index in [1.54, 1.807) is 11.8 Å². The first-order valence-corrected chi connectivity index (χ1v) is 9.60. The lowest BCUT2D eigenvalue weighted by atomic mass is 9.89. The molecule has 2 aliphatic heterocycles. The van der Waals surface area contributed by atoms with Gasteiger partial charge in [0.05, 0.1) is 0 Å². The van der Waals surface area contributed by atoms with E-state index in [9.17, 15) is 4.79 Å². The molecule has 0 aromatic rings. The standard InChI is InChI=1S/C17H26N2O2S/c1-17(10-11-4-6-21-7-5-11)15(20)19-16(22-17)18-14-9-12-2-3-13(14)8-12/h11-14H,2-10H2,1H3,(H,18,19,20)/t12-,13?,14+,17?/m1/s1. The number of rotatable bonds is 3. The van der Waals surface area contributed by atoms with Crippen LogP contribution in [0.25, 0.3) is 0 Å². The highest BCUT2D eigenvalue weighted by Crippen LogP contribution is 2.46. The second-order valence-corrected chi connectivity index (χ2v) is 9.23. The van der Waals surface area contributed by atoms with Crippen LogP contribution < -0.4 is 5.32 Å². The number of ether oxygens (including phenoxy) is 1. The Balaban J connectivity index is 1.35. The second kappa shape index (κ2) is 5.82. The third-order valence-electron chi connectivity index (χ3n) is 6.04. The number of hydrogen-bond acceptors (Lipinski definition) is 4. The molecule has 3 fully saturated rings. The molecule has 1 N–H and O–H groups in total. The molecule has 0 aromatic carbocycles. The number of nitrogens with zero attached hydrogens (tertiary/aromatic N) is 1. The zero-order valence-corrected chi connectivity index (χ0v) is 14.2. The molecule has 22 heavy (non-hydrogen) atoms. The molecule has 2 aliphatic carbocycles. The third kappa shape index (κ3) is 2.82. The lowest BCUT2D eigenvalue weighted by molar-refractivity contribution is -0.120. The van der Waals surface area contributed by atoms with E-state index >= 15 is 0 Å². The van der Waals surface area contributed by atoms with Gasteiger partial charge in [-0.05, 0) is 63.2 Å². The molecule has 0 radical (unpaired) electrons. The first kappa shape index (κ1) is 15.0. The van der Waals surface area contributed by atoms with Gasteiger partial charge >= 0.3 is 0 Å². The summed E-state index contributed by atoms with van der Waals surface area (Å²) in [4.78, 5) is 16.8. The molecular formula is C17H26N2O2S. The number of amides is 1. The Morgan fingerprint density at radius 2 is 2.09 bits per heavy atom. The smallest absolute Gasteiger partial charge is 0.264 e. The van der Waals surface area contributed by atoms with Crippen molar-refractivity contribution in [3.8, 4) is 0 Å². The topological polar surface area (TPSA) is 50.7 Å². The molecule has 0 spiro atoms. The summed E-state index contributed by atoms with van der Waals surface area (Å²) >= 11 is 1.68. The fourth-order valence-electron chi connectivity index (χ4n) is 4.76. The molecular weight excluding hydrogens is 296 g/mol. The monoisotopic (exact) mass is 322 g/mol. The Labute approximate surface area is 136 Å². The number of hydrogen-bond donors (Lipinski definition) is 1. The van der Waals surface area contributed by atoms with Crippen molar-refractivity contribution in [2.24, 2.45) is 22.7 Å². The maximum absolute atomic E-state index is 12.4. The minimum atomic E-state index is -0.359. The van der Waals surface area contributed by atoms with Crippen LogP contribution in [0.2, 0.25) is 0 Å². The normalized spacial score (nSPS) is 42.0. The van der Waals surface area contributed by atoms with Gasteiger partial charge in [0, 0.05) is 19.3 Å². The molecule has 4 rings (SSSR count). The lowest BCUT2D eigenvalue weighted by Crippen LogP contribution is -2.37. The summed E-state index contributed by atoms with van der Waals surface area (Å²) < 4.78 is 5.07. The van der Waals surface area contributed by atoms with E-state index in [0.717, 1.165) is 49.5 Å². The van der Waals surface area contributed by atoms with Gasteiger partial charge in [0.1, 0.15) is 4.75 Å². The van der Waals surface area contributed by atoms with Crippen LogP contribution in [0.3, 0.4) is 0 Å². The SMILES string of the molecule is CC1(CC2CCOCC2)SC(N[C@H]2C[C@@H]3CCC2C3)=NC1=O. The maximum atomic E-state index is 12.4. The minimum absolute atomic E-state index is 0.0645. The lowest BCUT2D eigenvalue weighted by Gasteiger charge is -2.29. The van der Waals surface area contributed by atoms with Crippen LogP contribution >= 0.6 is 11.8 Å². The molecule has 1 amide bonds.